The third kappa shape index (κ3) is 4.20. The minimum Gasteiger partial charge on any atom is -0.409 e. The average molecular weight is 257 g/mol. The maximum absolute atomic E-state index is 12.1. The van der Waals surface area contributed by atoms with Gasteiger partial charge in [-0.15, -0.1) is 0 Å². The van der Waals surface area contributed by atoms with Gasteiger partial charge in [-0.25, -0.2) is 0 Å². The molecule has 0 fully saturated rings. The number of carbonyl (C=O) groups is 1. The van der Waals surface area contributed by atoms with Gasteiger partial charge in [0.05, 0.1) is 0 Å². The predicted octanol–water partition coefficient (Wildman–Crippen LogP) is 2.23. The molecule has 0 rings (SSSR count). The lowest BCUT2D eigenvalue weighted by Crippen LogP contribution is -2.57. The van der Waals surface area contributed by atoms with Crippen molar-refractivity contribution in [1.29, 1.82) is 0 Å². The van der Waals surface area contributed by atoms with Crippen LogP contribution >= 0.6 is 0 Å². The van der Waals surface area contributed by atoms with Crippen molar-refractivity contribution in [3.05, 3.63) is 0 Å². The van der Waals surface area contributed by atoms with Gasteiger partial charge in [0, 0.05) is 5.92 Å². The van der Waals surface area contributed by atoms with Gasteiger partial charge in [0.15, 0.2) is 5.84 Å². The lowest BCUT2D eigenvalue weighted by molar-refractivity contribution is -0.126. The number of oxime groups is 1. The van der Waals surface area contributed by atoms with Gasteiger partial charge in [0.1, 0.15) is 5.54 Å². The molecule has 0 aliphatic rings. The van der Waals surface area contributed by atoms with Crippen molar-refractivity contribution in [2.24, 2.45) is 16.8 Å². The van der Waals surface area contributed by atoms with Gasteiger partial charge in [-0.05, 0) is 19.3 Å². The van der Waals surface area contributed by atoms with Crippen LogP contribution in [0.15, 0.2) is 5.16 Å². The lowest BCUT2D eigenvalue weighted by atomic mass is 9.90. The van der Waals surface area contributed by atoms with Crippen molar-refractivity contribution < 1.29 is 10.0 Å². The van der Waals surface area contributed by atoms with Crippen LogP contribution in [0.4, 0.5) is 0 Å². The summed E-state index contributed by atoms with van der Waals surface area (Å²) in [5, 5.41) is 14.8. The SMILES string of the molecule is CCCCC(C)C(=O)NC(CC)(CC)C(N)=NO. The minimum atomic E-state index is -0.730. The Morgan fingerprint density at radius 3 is 2.33 bits per heavy atom. The van der Waals surface area contributed by atoms with Crippen LogP contribution in [-0.4, -0.2) is 22.5 Å². The molecule has 0 bridgehead atoms. The zero-order chi connectivity index (χ0) is 14.2. The Balaban J connectivity index is 4.74. The van der Waals surface area contributed by atoms with Crippen LogP contribution in [0.2, 0.25) is 0 Å². The van der Waals surface area contributed by atoms with Crippen molar-refractivity contribution in [1.82, 2.24) is 5.32 Å². The predicted molar refractivity (Wildman–Crippen MR) is 73.6 cm³/mol. The highest BCUT2D eigenvalue weighted by molar-refractivity contribution is 5.94. The fraction of sp³-hybridized carbons (Fsp3) is 0.846. The van der Waals surface area contributed by atoms with Crippen molar-refractivity contribution >= 4 is 11.7 Å². The number of unbranched alkanes of at least 4 members (excludes halogenated alkanes) is 1. The third-order valence-corrected chi connectivity index (χ3v) is 3.61. The Morgan fingerprint density at radius 2 is 1.94 bits per heavy atom. The number of rotatable bonds is 8. The summed E-state index contributed by atoms with van der Waals surface area (Å²) in [6.45, 7) is 7.84. The van der Waals surface area contributed by atoms with Gasteiger partial charge in [-0.2, -0.15) is 0 Å². The molecule has 106 valence electrons. The highest BCUT2D eigenvalue weighted by Crippen LogP contribution is 2.17. The Bertz CT molecular complexity index is 286. The molecule has 0 aliphatic heterocycles. The van der Waals surface area contributed by atoms with Gasteiger partial charge in [0.2, 0.25) is 5.91 Å². The molecule has 1 atom stereocenters. The van der Waals surface area contributed by atoms with Crippen LogP contribution in [0, 0.1) is 5.92 Å². The highest BCUT2D eigenvalue weighted by atomic mass is 16.4. The molecule has 0 radical (unpaired) electrons. The molecule has 1 unspecified atom stereocenters. The molecule has 0 aromatic heterocycles. The van der Waals surface area contributed by atoms with Gasteiger partial charge in [-0.3, -0.25) is 4.79 Å². The van der Waals surface area contributed by atoms with E-state index in [4.69, 9.17) is 10.9 Å². The van der Waals surface area contributed by atoms with Crippen molar-refractivity contribution in [2.75, 3.05) is 0 Å². The van der Waals surface area contributed by atoms with Crippen LogP contribution in [0.1, 0.15) is 59.8 Å². The molecule has 5 heteroatoms. The maximum Gasteiger partial charge on any atom is 0.223 e. The number of nitrogens with zero attached hydrogens (tertiary/aromatic N) is 1. The third-order valence-electron chi connectivity index (χ3n) is 3.61. The molecular formula is C13H27N3O2. The van der Waals surface area contributed by atoms with Gasteiger partial charge < -0.3 is 16.3 Å². The van der Waals surface area contributed by atoms with E-state index in [9.17, 15) is 4.79 Å². The largest absolute Gasteiger partial charge is 0.409 e. The molecule has 0 aromatic carbocycles. The van der Waals surface area contributed by atoms with E-state index in [-0.39, 0.29) is 17.7 Å². The number of hydrogen-bond acceptors (Lipinski definition) is 3. The summed E-state index contributed by atoms with van der Waals surface area (Å²) >= 11 is 0. The zero-order valence-electron chi connectivity index (χ0n) is 12.0. The van der Waals surface area contributed by atoms with Crippen molar-refractivity contribution in [2.45, 2.75) is 65.3 Å². The highest BCUT2D eigenvalue weighted by Gasteiger charge is 2.34. The molecule has 5 nitrogen and oxygen atoms in total. The quantitative estimate of drug-likeness (QED) is 0.270. The first-order valence-corrected chi connectivity index (χ1v) is 6.77. The lowest BCUT2D eigenvalue weighted by Gasteiger charge is -2.32. The molecule has 0 heterocycles. The van der Waals surface area contributed by atoms with Crippen LogP contribution in [0.3, 0.4) is 0 Å². The fourth-order valence-electron chi connectivity index (χ4n) is 1.95. The number of carbonyl (C=O) groups excluding carboxylic acids is 1. The van der Waals surface area contributed by atoms with E-state index in [0.29, 0.717) is 12.8 Å². The molecule has 0 aromatic rings. The molecule has 4 N–H and O–H groups in total. The standard InChI is InChI=1S/C13H27N3O2/c1-5-8-9-10(4)11(17)15-13(6-2,7-3)12(14)16-18/h10,18H,5-9H2,1-4H3,(H2,14,16)(H,15,17). The molecule has 0 saturated carbocycles. The smallest absolute Gasteiger partial charge is 0.223 e. The second-order valence-electron chi connectivity index (χ2n) is 4.81. The van der Waals surface area contributed by atoms with E-state index in [2.05, 4.69) is 17.4 Å². The first-order valence-electron chi connectivity index (χ1n) is 6.77. The first-order chi connectivity index (χ1) is 8.47. The normalized spacial score (nSPS) is 14.3. The molecule has 1 amide bonds. The molecule has 0 aliphatic carbocycles. The minimum absolute atomic E-state index is 0.0289. The topological polar surface area (TPSA) is 87.7 Å². The zero-order valence-corrected chi connectivity index (χ0v) is 12.0. The van der Waals surface area contributed by atoms with E-state index in [1.165, 1.54) is 0 Å². The van der Waals surface area contributed by atoms with Crippen LogP contribution in [0.25, 0.3) is 0 Å². The van der Waals surface area contributed by atoms with Gasteiger partial charge >= 0.3 is 0 Å². The van der Waals surface area contributed by atoms with E-state index in [1.54, 1.807) is 0 Å². The van der Waals surface area contributed by atoms with E-state index in [1.807, 2.05) is 20.8 Å². The summed E-state index contributed by atoms with van der Waals surface area (Å²) in [6.07, 6.45) is 4.17. The summed E-state index contributed by atoms with van der Waals surface area (Å²) in [5.74, 6) is -0.00351. The van der Waals surface area contributed by atoms with Gasteiger partial charge in [0.25, 0.3) is 0 Å². The van der Waals surface area contributed by atoms with Gasteiger partial charge in [-0.1, -0.05) is 45.7 Å². The molecular weight excluding hydrogens is 230 g/mol. The van der Waals surface area contributed by atoms with E-state index >= 15 is 0 Å². The maximum atomic E-state index is 12.1. The Labute approximate surface area is 110 Å². The fourth-order valence-corrected chi connectivity index (χ4v) is 1.95. The summed E-state index contributed by atoms with van der Waals surface area (Å²) < 4.78 is 0. The summed E-state index contributed by atoms with van der Waals surface area (Å²) in [4.78, 5) is 12.1. The van der Waals surface area contributed by atoms with Crippen molar-refractivity contribution in [3.63, 3.8) is 0 Å². The summed E-state index contributed by atoms with van der Waals surface area (Å²) in [5.41, 5.74) is 4.98. The second-order valence-corrected chi connectivity index (χ2v) is 4.81. The van der Waals surface area contributed by atoms with E-state index < -0.39 is 5.54 Å². The summed E-state index contributed by atoms with van der Waals surface area (Å²) in [7, 11) is 0. The number of amides is 1. The number of amidine groups is 1. The average Bonchev–Trinajstić information content (AvgIpc) is 2.40. The number of hydrogen-bond donors (Lipinski definition) is 3. The van der Waals surface area contributed by atoms with Crippen molar-refractivity contribution in [3.8, 4) is 0 Å². The molecule has 0 saturated heterocycles. The molecule has 0 spiro atoms. The summed E-state index contributed by atoms with van der Waals surface area (Å²) in [6, 6.07) is 0. The van der Waals surface area contributed by atoms with Crippen LogP contribution in [-0.2, 0) is 4.79 Å². The monoisotopic (exact) mass is 257 g/mol. The first kappa shape index (κ1) is 16.7. The van der Waals surface area contributed by atoms with E-state index in [0.717, 1.165) is 19.3 Å². The molecule has 18 heavy (non-hydrogen) atoms. The van der Waals surface area contributed by atoms with Crippen LogP contribution < -0.4 is 11.1 Å². The number of nitrogens with two attached hydrogens (primary N) is 1. The Kier molecular flexibility index (Phi) is 7.39. The number of nitrogens with one attached hydrogen (secondary N) is 1. The van der Waals surface area contributed by atoms with Crippen LogP contribution in [0.5, 0.6) is 0 Å². The Morgan fingerprint density at radius 1 is 1.39 bits per heavy atom. The second kappa shape index (κ2) is 7.95. The Hall–Kier alpha value is -1.26.